The molecule has 1 saturated heterocycles. The third-order valence-electron chi connectivity index (χ3n) is 3.38. The minimum Gasteiger partial charge on any atom is -0.379 e. The topological polar surface area (TPSA) is 12.5 Å². The summed E-state index contributed by atoms with van der Waals surface area (Å²) in [6.07, 6.45) is -2.75. The van der Waals surface area contributed by atoms with Gasteiger partial charge >= 0.3 is 6.18 Å². The van der Waals surface area contributed by atoms with Crippen LogP contribution in [-0.4, -0.2) is 37.7 Å². The maximum atomic E-state index is 12.6. The van der Waals surface area contributed by atoms with E-state index in [4.69, 9.17) is 16.3 Å². The normalized spacial score (nSPS) is 17.4. The average molecular weight is 308 g/mol. The van der Waals surface area contributed by atoms with Crippen molar-refractivity contribution in [1.82, 2.24) is 4.90 Å². The Morgan fingerprint density at radius 2 is 1.90 bits per heavy atom. The molecule has 2 rings (SSSR count). The average Bonchev–Trinajstić information content (AvgIpc) is 2.38. The van der Waals surface area contributed by atoms with Gasteiger partial charge in [0.15, 0.2) is 0 Å². The van der Waals surface area contributed by atoms with E-state index in [1.807, 2.05) is 0 Å². The largest absolute Gasteiger partial charge is 0.417 e. The Morgan fingerprint density at radius 3 is 2.50 bits per heavy atom. The molecule has 1 aliphatic rings. The third kappa shape index (κ3) is 4.36. The van der Waals surface area contributed by atoms with Crippen molar-refractivity contribution >= 4 is 11.6 Å². The van der Waals surface area contributed by atoms with Gasteiger partial charge in [-0.25, -0.2) is 0 Å². The van der Waals surface area contributed by atoms with Crippen LogP contribution in [0.4, 0.5) is 13.2 Å². The van der Waals surface area contributed by atoms with Crippen LogP contribution >= 0.6 is 11.6 Å². The zero-order valence-corrected chi connectivity index (χ0v) is 11.8. The first-order valence-electron chi connectivity index (χ1n) is 6.62. The minimum atomic E-state index is -4.39. The summed E-state index contributed by atoms with van der Waals surface area (Å²) < 4.78 is 43.0. The molecule has 1 aromatic rings. The Hall–Kier alpha value is -0.780. The van der Waals surface area contributed by atoms with E-state index >= 15 is 0 Å². The first-order valence-corrected chi connectivity index (χ1v) is 7.00. The SMILES string of the molecule is FC(F)(F)c1ccc(CCCN2CCOCC2)cc1Cl. The van der Waals surface area contributed by atoms with Crippen LogP contribution in [0.5, 0.6) is 0 Å². The molecule has 0 unspecified atom stereocenters. The Balaban J connectivity index is 1.85. The molecule has 0 atom stereocenters. The van der Waals surface area contributed by atoms with Crippen LogP contribution in [0.3, 0.4) is 0 Å². The lowest BCUT2D eigenvalue weighted by molar-refractivity contribution is -0.137. The van der Waals surface area contributed by atoms with E-state index in [2.05, 4.69) is 4.90 Å². The lowest BCUT2D eigenvalue weighted by Gasteiger charge is -2.26. The predicted molar refractivity (Wildman–Crippen MR) is 72.0 cm³/mol. The fourth-order valence-corrected chi connectivity index (χ4v) is 2.59. The second kappa shape index (κ2) is 6.78. The number of halogens is 4. The number of aryl methyl sites for hydroxylation is 1. The quantitative estimate of drug-likeness (QED) is 0.842. The van der Waals surface area contributed by atoms with Crippen molar-refractivity contribution in [2.45, 2.75) is 19.0 Å². The lowest BCUT2D eigenvalue weighted by Crippen LogP contribution is -2.36. The molecule has 0 bridgehead atoms. The summed E-state index contributed by atoms with van der Waals surface area (Å²) in [6, 6.07) is 3.99. The molecule has 0 N–H and O–H groups in total. The van der Waals surface area contributed by atoms with Gasteiger partial charge in [-0.3, -0.25) is 4.90 Å². The number of alkyl halides is 3. The van der Waals surface area contributed by atoms with Crippen molar-refractivity contribution in [1.29, 1.82) is 0 Å². The maximum Gasteiger partial charge on any atom is 0.417 e. The van der Waals surface area contributed by atoms with E-state index in [1.165, 1.54) is 12.1 Å². The standard InChI is InChI=1S/C14H17ClF3NO/c15-13-10-11(3-4-12(13)14(16,17)18)2-1-5-19-6-8-20-9-7-19/h3-4,10H,1-2,5-9H2. The molecule has 0 aromatic heterocycles. The molecule has 1 aromatic carbocycles. The summed E-state index contributed by atoms with van der Waals surface area (Å²) in [7, 11) is 0. The number of morpholine rings is 1. The fourth-order valence-electron chi connectivity index (χ4n) is 2.28. The summed E-state index contributed by atoms with van der Waals surface area (Å²) in [5, 5.41) is -0.221. The van der Waals surface area contributed by atoms with Crippen LogP contribution in [0.1, 0.15) is 17.5 Å². The molecule has 112 valence electrons. The second-order valence-corrected chi connectivity index (χ2v) is 5.28. The van der Waals surface area contributed by atoms with Gasteiger partial charge in [-0.2, -0.15) is 13.2 Å². The molecule has 2 nitrogen and oxygen atoms in total. The van der Waals surface area contributed by atoms with E-state index in [-0.39, 0.29) is 5.02 Å². The van der Waals surface area contributed by atoms with Crippen molar-refractivity contribution in [3.8, 4) is 0 Å². The number of hydrogen-bond acceptors (Lipinski definition) is 2. The highest BCUT2D eigenvalue weighted by Crippen LogP contribution is 2.35. The Kier molecular flexibility index (Phi) is 5.29. The molecule has 1 fully saturated rings. The molecule has 1 aliphatic heterocycles. The van der Waals surface area contributed by atoms with Crippen LogP contribution in [-0.2, 0) is 17.3 Å². The smallest absolute Gasteiger partial charge is 0.379 e. The molecule has 6 heteroatoms. The van der Waals surface area contributed by atoms with E-state index in [0.29, 0.717) is 0 Å². The first-order chi connectivity index (χ1) is 9.47. The van der Waals surface area contributed by atoms with Gasteiger partial charge < -0.3 is 4.74 Å². The van der Waals surface area contributed by atoms with E-state index < -0.39 is 11.7 Å². The van der Waals surface area contributed by atoms with Gasteiger partial charge in [0.2, 0.25) is 0 Å². The lowest BCUT2D eigenvalue weighted by atomic mass is 10.1. The Morgan fingerprint density at radius 1 is 1.20 bits per heavy atom. The van der Waals surface area contributed by atoms with Crippen LogP contribution in [0.2, 0.25) is 5.02 Å². The van der Waals surface area contributed by atoms with E-state index in [0.717, 1.165) is 57.3 Å². The summed E-state index contributed by atoms with van der Waals surface area (Å²) in [5.41, 5.74) is 0.0763. The molecule has 0 aliphatic carbocycles. The van der Waals surface area contributed by atoms with Crippen molar-refractivity contribution in [3.05, 3.63) is 34.3 Å². The Labute approximate surface area is 121 Å². The van der Waals surface area contributed by atoms with Crippen molar-refractivity contribution < 1.29 is 17.9 Å². The van der Waals surface area contributed by atoms with Crippen molar-refractivity contribution in [2.24, 2.45) is 0 Å². The maximum absolute atomic E-state index is 12.6. The van der Waals surface area contributed by atoms with Gasteiger partial charge in [-0.05, 0) is 37.1 Å². The van der Waals surface area contributed by atoms with E-state index in [9.17, 15) is 13.2 Å². The highest BCUT2D eigenvalue weighted by Gasteiger charge is 2.32. The van der Waals surface area contributed by atoms with Gasteiger partial charge in [-0.1, -0.05) is 17.7 Å². The summed E-state index contributed by atoms with van der Waals surface area (Å²) in [5.74, 6) is 0. The number of rotatable bonds is 4. The third-order valence-corrected chi connectivity index (χ3v) is 3.70. The molecule has 20 heavy (non-hydrogen) atoms. The fraction of sp³-hybridized carbons (Fsp3) is 0.571. The van der Waals surface area contributed by atoms with Gasteiger partial charge in [0.05, 0.1) is 23.8 Å². The highest BCUT2D eigenvalue weighted by molar-refractivity contribution is 6.31. The van der Waals surface area contributed by atoms with Crippen molar-refractivity contribution in [2.75, 3.05) is 32.8 Å². The second-order valence-electron chi connectivity index (χ2n) is 4.87. The van der Waals surface area contributed by atoms with Gasteiger partial charge in [-0.15, -0.1) is 0 Å². The summed E-state index contributed by atoms with van der Waals surface area (Å²) in [6.45, 7) is 4.29. The molecule has 1 heterocycles. The monoisotopic (exact) mass is 307 g/mol. The van der Waals surface area contributed by atoms with Crippen LogP contribution in [0, 0.1) is 0 Å². The molecule has 0 saturated carbocycles. The van der Waals surface area contributed by atoms with Gasteiger partial charge in [0, 0.05) is 13.1 Å². The molecule has 0 spiro atoms. The number of benzene rings is 1. The zero-order chi connectivity index (χ0) is 14.6. The molecular formula is C14H17ClF3NO. The number of hydrogen-bond donors (Lipinski definition) is 0. The molecular weight excluding hydrogens is 291 g/mol. The zero-order valence-electron chi connectivity index (χ0n) is 11.0. The predicted octanol–water partition coefficient (Wildman–Crippen LogP) is 3.62. The van der Waals surface area contributed by atoms with Gasteiger partial charge in [0.1, 0.15) is 0 Å². The summed E-state index contributed by atoms with van der Waals surface area (Å²) in [4.78, 5) is 2.30. The van der Waals surface area contributed by atoms with Gasteiger partial charge in [0.25, 0.3) is 0 Å². The van der Waals surface area contributed by atoms with Crippen LogP contribution < -0.4 is 0 Å². The van der Waals surface area contributed by atoms with Crippen LogP contribution in [0.25, 0.3) is 0 Å². The summed E-state index contributed by atoms with van der Waals surface area (Å²) >= 11 is 5.69. The number of nitrogens with zero attached hydrogens (tertiary/aromatic N) is 1. The molecule has 0 radical (unpaired) electrons. The number of ether oxygens (including phenoxy) is 1. The van der Waals surface area contributed by atoms with Crippen molar-refractivity contribution in [3.63, 3.8) is 0 Å². The molecule has 0 amide bonds. The first kappa shape index (κ1) is 15.6. The minimum absolute atomic E-state index is 0.221. The highest BCUT2D eigenvalue weighted by atomic mass is 35.5. The Bertz CT molecular complexity index is 445. The van der Waals surface area contributed by atoms with E-state index in [1.54, 1.807) is 0 Å². The van der Waals surface area contributed by atoms with Crippen LogP contribution in [0.15, 0.2) is 18.2 Å².